The number of carbonyl (C=O) groups excluding carboxylic acids is 1. The number of aryl methyl sites for hydroxylation is 2. The number of nitrogens with zero attached hydrogens (tertiary/aromatic N) is 3. The third-order valence-electron chi connectivity index (χ3n) is 3.94. The number of hydrogen-bond donors (Lipinski definition) is 3. The standard InChI is InChI=1S/C20H22N6O/c1-14-9-10-21-19(13-14)24-18-8-7-17(25-26-18)22-11-12-23-20(27)16-6-4-3-5-15(16)2/h3-10,13H,11-12H2,1-2H3,(H,22,25)(H,23,27)(H,21,24,26). The fraction of sp³-hybridized carbons (Fsp3) is 0.200. The quantitative estimate of drug-likeness (QED) is 0.560. The van der Waals surface area contributed by atoms with Gasteiger partial charge in [0.15, 0.2) is 5.82 Å². The topological polar surface area (TPSA) is 91.8 Å². The van der Waals surface area contributed by atoms with Crippen LogP contribution in [0.1, 0.15) is 21.5 Å². The van der Waals surface area contributed by atoms with Gasteiger partial charge in [0.25, 0.3) is 5.91 Å². The summed E-state index contributed by atoms with van der Waals surface area (Å²) in [5.74, 6) is 1.91. The number of aromatic nitrogens is 3. The summed E-state index contributed by atoms with van der Waals surface area (Å²) in [4.78, 5) is 16.4. The van der Waals surface area contributed by atoms with Gasteiger partial charge in [0.1, 0.15) is 11.6 Å². The van der Waals surface area contributed by atoms with Crippen LogP contribution < -0.4 is 16.0 Å². The summed E-state index contributed by atoms with van der Waals surface area (Å²) in [7, 11) is 0. The fourth-order valence-corrected chi connectivity index (χ4v) is 2.52. The summed E-state index contributed by atoms with van der Waals surface area (Å²) in [6, 6.07) is 15.0. The summed E-state index contributed by atoms with van der Waals surface area (Å²) < 4.78 is 0. The van der Waals surface area contributed by atoms with Crippen LogP contribution >= 0.6 is 0 Å². The molecule has 7 heteroatoms. The molecule has 0 bridgehead atoms. The minimum Gasteiger partial charge on any atom is -0.367 e. The van der Waals surface area contributed by atoms with E-state index in [1.807, 2.05) is 62.4 Å². The van der Waals surface area contributed by atoms with E-state index in [-0.39, 0.29) is 5.91 Å². The van der Waals surface area contributed by atoms with Gasteiger partial charge < -0.3 is 16.0 Å². The number of rotatable bonds is 7. The number of anilines is 3. The summed E-state index contributed by atoms with van der Waals surface area (Å²) >= 11 is 0. The van der Waals surface area contributed by atoms with Crippen LogP contribution in [0.3, 0.4) is 0 Å². The Hall–Kier alpha value is -3.48. The lowest BCUT2D eigenvalue weighted by molar-refractivity contribution is 0.0954. The van der Waals surface area contributed by atoms with Gasteiger partial charge in [-0.2, -0.15) is 0 Å². The second-order valence-corrected chi connectivity index (χ2v) is 6.14. The molecule has 138 valence electrons. The molecule has 3 N–H and O–H groups in total. The van der Waals surface area contributed by atoms with E-state index in [1.165, 1.54) is 0 Å². The van der Waals surface area contributed by atoms with Gasteiger partial charge in [-0.25, -0.2) is 4.98 Å². The zero-order valence-corrected chi connectivity index (χ0v) is 15.4. The van der Waals surface area contributed by atoms with Crippen molar-refractivity contribution in [3.63, 3.8) is 0 Å². The lowest BCUT2D eigenvalue weighted by atomic mass is 10.1. The molecule has 1 aromatic carbocycles. The molecule has 0 aliphatic carbocycles. The van der Waals surface area contributed by atoms with Crippen LogP contribution in [0.25, 0.3) is 0 Å². The molecule has 0 radical (unpaired) electrons. The average molecular weight is 362 g/mol. The molecule has 1 amide bonds. The zero-order valence-electron chi connectivity index (χ0n) is 15.4. The number of pyridine rings is 1. The predicted octanol–water partition coefficient (Wildman–Crippen LogP) is 3.07. The summed E-state index contributed by atoms with van der Waals surface area (Å²) in [6.07, 6.45) is 1.74. The maximum Gasteiger partial charge on any atom is 0.251 e. The number of hydrogen-bond acceptors (Lipinski definition) is 6. The van der Waals surface area contributed by atoms with Crippen LogP contribution in [0.15, 0.2) is 54.7 Å². The Morgan fingerprint density at radius 1 is 0.926 bits per heavy atom. The smallest absolute Gasteiger partial charge is 0.251 e. The molecule has 0 aliphatic heterocycles. The first-order valence-corrected chi connectivity index (χ1v) is 8.73. The van der Waals surface area contributed by atoms with Gasteiger partial charge in [0, 0.05) is 24.8 Å². The molecule has 3 aromatic rings. The molecule has 0 saturated heterocycles. The highest BCUT2D eigenvalue weighted by molar-refractivity contribution is 5.95. The highest BCUT2D eigenvalue weighted by atomic mass is 16.1. The molecule has 0 unspecified atom stereocenters. The monoisotopic (exact) mass is 362 g/mol. The van der Waals surface area contributed by atoms with E-state index < -0.39 is 0 Å². The van der Waals surface area contributed by atoms with Gasteiger partial charge in [0.05, 0.1) is 0 Å². The van der Waals surface area contributed by atoms with Crippen LogP contribution in [0, 0.1) is 13.8 Å². The largest absolute Gasteiger partial charge is 0.367 e. The Labute approximate surface area is 158 Å². The van der Waals surface area contributed by atoms with Crippen molar-refractivity contribution in [2.75, 3.05) is 23.7 Å². The molecule has 0 spiro atoms. The molecule has 2 aromatic heterocycles. The van der Waals surface area contributed by atoms with E-state index in [0.717, 1.165) is 16.9 Å². The Balaban J connectivity index is 1.45. The number of nitrogens with one attached hydrogen (secondary N) is 3. The number of amides is 1. The fourth-order valence-electron chi connectivity index (χ4n) is 2.52. The second-order valence-electron chi connectivity index (χ2n) is 6.14. The van der Waals surface area contributed by atoms with E-state index in [4.69, 9.17) is 0 Å². The molecule has 0 atom stereocenters. The molecule has 0 saturated carbocycles. The van der Waals surface area contributed by atoms with Gasteiger partial charge >= 0.3 is 0 Å². The van der Waals surface area contributed by atoms with E-state index in [0.29, 0.717) is 30.3 Å². The summed E-state index contributed by atoms with van der Waals surface area (Å²) in [6.45, 7) is 4.97. The molecular weight excluding hydrogens is 340 g/mol. The van der Waals surface area contributed by atoms with Crippen molar-refractivity contribution in [1.82, 2.24) is 20.5 Å². The van der Waals surface area contributed by atoms with E-state index in [1.54, 1.807) is 6.20 Å². The van der Waals surface area contributed by atoms with Crippen LogP contribution in [-0.2, 0) is 0 Å². The summed E-state index contributed by atoms with van der Waals surface area (Å²) in [5, 5.41) is 17.4. The predicted molar refractivity (Wildman–Crippen MR) is 106 cm³/mol. The third kappa shape index (κ3) is 5.24. The Bertz CT molecular complexity index is 910. The second kappa shape index (κ2) is 8.75. The lowest BCUT2D eigenvalue weighted by Crippen LogP contribution is -2.29. The third-order valence-corrected chi connectivity index (χ3v) is 3.94. The van der Waals surface area contributed by atoms with Gasteiger partial charge in [-0.1, -0.05) is 18.2 Å². The molecule has 0 fully saturated rings. The molecule has 7 nitrogen and oxygen atoms in total. The van der Waals surface area contributed by atoms with Crippen molar-refractivity contribution < 1.29 is 4.79 Å². The average Bonchev–Trinajstić information content (AvgIpc) is 2.67. The van der Waals surface area contributed by atoms with Crippen molar-refractivity contribution in [2.24, 2.45) is 0 Å². The molecule has 2 heterocycles. The van der Waals surface area contributed by atoms with Crippen molar-refractivity contribution >= 4 is 23.4 Å². The minimum atomic E-state index is -0.0776. The first-order chi connectivity index (χ1) is 13.1. The van der Waals surface area contributed by atoms with Gasteiger partial charge in [-0.3, -0.25) is 4.79 Å². The van der Waals surface area contributed by atoms with Gasteiger partial charge in [-0.05, 0) is 55.3 Å². The van der Waals surface area contributed by atoms with E-state index in [9.17, 15) is 4.79 Å². The van der Waals surface area contributed by atoms with Crippen LogP contribution in [0.5, 0.6) is 0 Å². The van der Waals surface area contributed by atoms with Crippen molar-refractivity contribution in [2.45, 2.75) is 13.8 Å². The highest BCUT2D eigenvalue weighted by Crippen LogP contribution is 2.13. The molecule has 27 heavy (non-hydrogen) atoms. The van der Waals surface area contributed by atoms with Gasteiger partial charge in [-0.15, -0.1) is 10.2 Å². The maximum absolute atomic E-state index is 12.1. The number of benzene rings is 1. The van der Waals surface area contributed by atoms with Crippen LogP contribution in [-0.4, -0.2) is 34.2 Å². The zero-order chi connectivity index (χ0) is 19.1. The molecule has 3 rings (SSSR count). The van der Waals surface area contributed by atoms with E-state index >= 15 is 0 Å². The van der Waals surface area contributed by atoms with Crippen molar-refractivity contribution in [3.8, 4) is 0 Å². The SMILES string of the molecule is Cc1ccnc(Nc2ccc(NCCNC(=O)c3ccccc3C)nn2)c1. The van der Waals surface area contributed by atoms with Crippen molar-refractivity contribution in [3.05, 3.63) is 71.4 Å². The van der Waals surface area contributed by atoms with Crippen LogP contribution in [0.2, 0.25) is 0 Å². The first-order valence-electron chi connectivity index (χ1n) is 8.73. The Morgan fingerprint density at radius 3 is 2.44 bits per heavy atom. The lowest BCUT2D eigenvalue weighted by Gasteiger charge is -2.09. The van der Waals surface area contributed by atoms with Crippen molar-refractivity contribution in [1.29, 1.82) is 0 Å². The highest BCUT2D eigenvalue weighted by Gasteiger charge is 2.07. The van der Waals surface area contributed by atoms with Gasteiger partial charge in [0.2, 0.25) is 0 Å². The first kappa shape index (κ1) is 18.3. The molecular formula is C20H22N6O. The Morgan fingerprint density at radius 2 is 1.70 bits per heavy atom. The van der Waals surface area contributed by atoms with Crippen LogP contribution in [0.4, 0.5) is 17.5 Å². The minimum absolute atomic E-state index is 0.0776. The molecule has 0 aliphatic rings. The normalized spacial score (nSPS) is 10.3. The van der Waals surface area contributed by atoms with E-state index in [2.05, 4.69) is 31.1 Å². The number of carbonyl (C=O) groups is 1. The Kier molecular flexibility index (Phi) is 5.94. The maximum atomic E-state index is 12.1. The summed E-state index contributed by atoms with van der Waals surface area (Å²) in [5.41, 5.74) is 2.77.